The van der Waals surface area contributed by atoms with Gasteiger partial charge in [-0.25, -0.2) is 4.99 Å². The minimum atomic E-state index is 0.0296. The molecule has 63 heavy (non-hydrogen) atoms. The zero-order chi connectivity index (χ0) is 42.8. The van der Waals surface area contributed by atoms with Crippen LogP contribution >= 0.6 is 0 Å². The van der Waals surface area contributed by atoms with Gasteiger partial charge in [0.1, 0.15) is 12.0 Å². The molecule has 0 spiro atoms. The molecule has 4 heteroatoms. The van der Waals surface area contributed by atoms with E-state index in [4.69, 9.17) is 4.99 Å². The molecular weight excluding hydrogens is 765 g/mol. The Morgan fingerprint density at radius 2 is 1.70 bits per heavy atom. The maximum Gasteiger partial charge on any atom is 0.131 e. The largest absolute Gasteiger partial charge is 0.354 e. The van der Waals surface area contributed by atoms with Gasteiger partial charge in [0, 0.05) is 35.4 Å². The molecule has 0 saturated heterocycles. The summed E-state index contributed by atoms with van der Waals surface area (Å²) < 4.78 is 0. The average Bonchev–Trinajstić information content (AvgIpc) is 3.37. The van der Waals surface area contributed by atoms with Crippen LogP contribution in [0.25, 0.3) is 0 Å². The zero-order valence-electron chi connectivity index (χ0n) is 38.1. The van der Waals surface area contributed by atoms with Gasteiger partial charge < -0.3 is 10.6 Å². The molecule has 3 N–H and O–H groups in total. The summed E-state index contributed by atoms with van der Waals surface area (Å²) in [6.45, 7) is 4.71. The Hall–Kier alpha value is -4.77. The molecule has 4 nitrogen and oxygen atoms in total. The molecule has 7 aliphatic rings. The summed E-state index contributed by atoms with van der Waals surface area (Å²) in [5.41, 5.74) is 10.3. The molecule has 2 aromatic rings. The van der Waals surface area contributed by atoms with Gasteiger partial charge in [-0.15, -0.1) is 0 Å². The predicted octanol–water partition coefficient (Wildman–Crippen LogP) is 13.8. The number of amidine groups is 1. The van der Waals surface area contributed by atoms with Gasteiger partial charge in [0.15, 0.2) is 0 Å². The molecule has 1 heterocycles. The lowest BCUT2D eigenvalue weighted by Gasteiger charge is -2.40. The van der Waals surface area contributed by atoms with E-state index in [0.717, 1.165) is 57.2 Å². The van der Waals surface area contributed by atoms with Crippen LogP contribution in [0.2, 0.25) is 0 Å². The fraction of sp³-hybridized carbons (Fsp3) is 0.441. The Morgan fingerprint density at radius 1 is 0.794 bits per heavy atom. The fourth-order valence-corrected chi connectivity index (χ4v) is 11.5. The third-order valence-corrected chi connectivity index (χ3v) is 15.2. The first-order valence-corrected chi connectivity index (χ1v) is 24.9. The molecule has 1 aliphatic heterocycles. The Kier molecular flexibility index (Phi) is 14.7. The first kappa shape index (κ1) is 43.5. The molecule has 0 bridgehead atoms. The quantitative estimate of drug-likeness (QED) is 0.166. The van der Waals surface area contributed by atoms with Gasteiger partial charge in [-0.1, -0.05) is 175 Å². The minimum Gasteiger partial charge on any atom is -0.354 e. The summed E-state index contributed by atoms with van der Waals surface area (Å²) in [4.78, 5) is 5.40. The summed E-state index contributed by atoms with van der Waals surface area (Å²) in [7, 11) is 0. The molecule has 328 valence electrons. The Labute approximate surface area is 379 Å². The summed E-state index contributed by atoms with van der Waals surface area (Å²) in [5, 5.41) is 12.0. The number of nitrogens with one attached hydrogen (secondary N) is 3. The van der Waals surface area contributed by atoms with Crippen molar-refractivity contribution in [1.29, 1.82) is 0 Å². The Bertz CT molecular complexity index is 2200. The number of nitrogens with zero attached hydrogens (tertiary/aromatic N) is 1. The van der Waals surface area contributed by atoms with E-state index in [2.05, 4.69) is 182 Å². The monoisotopic (exact) mass is 837 g/mol. The molecule has 0 fully saturated rings. The third kappa shape index (κ3) is 11.0. The fourth-order valence-electron chi connectivity index (χ4n) is 11.5. The number of allylic oxidation sites excluding steroid dienone is 15. The van der Waals surface area contributed by atoms with Crippen LogP contribution in [0.4, 0.5) is 0 Å². The minimum absolute atomic E-state index is 0.0296. The first-order valence-electron chi connectivity index (χ1n) is 24.9. The van der Waals surface area contributed by atoms with E-state index < -0.39 is 0 Å². The topological polar surface area (TPSA) is 48.5 Å². The number of benzene rings is 2. The molecule has 0 saturated carbocycles. The summed E-state index contributed by atoms with van der Waals surface area (Å²) >= 11 is 0. The van der Waals surface area contributed by atoms with Gasteiger partial charge in [0.05, 0.1) is 6.17 Å². The van der Waals surface area contributed by atoms with Crippen LogP contribution in [-0.2, 0) is 0 Å². The standard InChI is InChI=1S/C59H72N4/c1-3-43(37-38-56(47-23-12-6-13-24-47)60-42(2)44-19-8-4-9-20-44)50-27-16-30-53(39-50)54-31-18-32-55(41-54)59-62-57(48-25-14-7-15-26-48)61-58(63-59)49-35-33-46(34-36-49)52-29-17-28-51(40-52)45-21-10-5-11-22-45/h6-8,10,12-15,17-21,23-25,28-30,32-37,42,45,48,50,52,54-57,59-60,62H,3-5,9,11,16,22,26-27,31,38-41H2,1-2H3,(H,61,63)/b43-37+. The number of aliphatic imine (C=N–C) groups is 1. The number of hydrogen-bond donors (Lipinski definition) is 3. The Balaban J connectivity index is 0.866. The highest BCUT2D eigenvalue weighted by molar-refractivity contribution is 5.99. The lowest BCUT2D eigenvalue weighted by atomic mass is 9.73. The van der Waals surface area contributed by atoms with Gasteiger partial charge in [-0.3, -0.25) is 5.32 Å². The van der Waals surface area contributed by atoms with Crippen LogP contribution in [0.15, 0.2) is 179 Å². The maximum atomic E-state index is 5.40. The molecule has 2 aromatic carbocycles. The van der Waals surface area contributed by atoms with E-state index in [1.54, 1.807) is 16.7 Å². The van der Waals surface area contributed by atoms with Crippen molar-refractivity contribution in [1.82, 2.24) is 16.0 Å². The van der Waals surface area contributed by atoms with Gasteiger partial charge in [0.25, 0.3) is 0 Å². The lowest BCUT2D eigenvalue weighted by Crippen LogP contribution is -2.59. The number of hydrogen-bond acceptors (Lipinski definition) is 4. The first-order chi connectivity index (χ1) is 31.1. The van der Waals surface area contributed by atoms with Crippen LogP contribution < -0.4 is 16.0 Å². The van der Waals surface area contributed by atoms with E-state index >= 15 is 0 Å². The predicted molar refractivity (Wildman–Crippen MR) is 266 cm³/mol. The smallest absolute Gasteiger partial charge is 0.131 e. The summed E-state index contributed by atoms with van der Waals surface area (Å²) in [6, 6.07) is 21.1. The van der Waals surface area contributed by atoms with Gasteiger partial charge in [0.2, 0.25) is 0 Å². The molecule has 6 aliphatic carbocycles. The summed E-state index contributed by atoms with van der Waals surface area (Å²) in [5.74, 6) is 3.97. The van der Waals surface area contributed by atoms with Crippen molar-refractivity contribution in [3.05, 3.63) is 191 Å². The second kappa shape index (κ2) is 21.3. The van der Waals surface area contributed by atoms with Gasteiger partial charge >= 0.3 is 0 Å². The highest BCUT2D eigenvalue weighted by atomic mass is 15.3. The van der Waals surface area contributed by atoms with E-state index in [9.17, 15) is 0 Å². The van der Waals surface area contributed by atoms with E-state index in [1.165, 1.54) is 60.8 Å². The lowest BCUT2D eigenvalue weighted by molar-refractivity contribution is 0.257. The van der Waals surface area contributed by atoms with Crippen LogP contribution in [-0.4, -0.2) is 24.2 Å². The third-order valence-electron chi connectivity index (χ3n) is 15.2. The second-order valence-corrected chi connectivity index (χ2v) is 19.4. The molecule has 0 amide bonds. The molecular formula is C59H72N4. The van der Waals surface area contributed by atoms with Crippen molar-refractivity contribution in [2.24, 2.45) is 34.6 Å². The summed E-state index contributed by atoms with van der Waals surface area (Å²) in [6.07, 6.45) is 54.7. The van der Waals surface area contributed by atoms with E-state index in [0.29, 0.717) is 41.5 Å². The molecule has 0 radical (unpaired) electrons. The maximum absolute atomic E-state index is 5.40. The normalized spacial score (nSPS) is 30.5. The molecule has 10 atom stereocenters. The van der Waals surface area contributed by atoms with Crippen molar-refractivity contribution in [3.8, 4) is 0 Å². The van der Waals surface area contributed by atoms with Crippen molar-refractivity contribution in [2.75, 3.05) is 0 Å². The van der Waals surface area contributed by atoms with Crippen molar-refractivity contribution >= 4 is 5.84 Å². The van der Waals surface area contributed by atoms with Crippen LogP contribution in [0.5, 0.6) is 0 Å². The van der Waals surface area contributed by atoms with Gasteiger partial charge in [-0.2, -0.15) is 0 Å². The van der Waals surface area contributed by atoms with Crippen LogP contribution in [0, 0.1) is 29.6 Å². The van der Waals surface area contributed by atoms with Gasteiger partial charge in [-0.05, 0) is 131 Å². The average molecular weight is 837 g/mol. The van der Waals surface area contributed by atoms with Crippen molar-refractivity contribution < 1.29 is 0 Å². The highest BCUT2D eigenvalue weighted by Gasteiger charge is 2.35. The SMILES string of the molecule is CC/C(=C\CC(NC(C)C1=CCCC=C1)c1ccccc1)C1CCC=C(C2CC=CC(C3NC(c4ccc(C5C=CC=C(C6C=CCCC6)C5)cc4)=NC(C4C=CC=CC4)N3)C2)C1. The number of rotatable bonds is 14. The zero-order valence-corrected chi connectivity index (χ0v) is 38.1. The van der Waals surface area contributed by atoms with Crippen molar-refractivity contribution in [2.45, 2.75) is 134 Å². The van der Waals surface area contributed by atoms with E-state index in [1.807, 2.05) is 0 Å². The Morgan fingerprint density at radius 3 is 2.49 bits per heavy atom. The van der Waals surface area contributed by atoms with Crippen LogP contribution in [0.3, 0.4) is 0 Å². The van der Waals surface area contributed by atoms with Crippen molar-refractivity contribution in [3.63, 3.8) is 0 Å². The second-order valence-electron chi connectivity index (χ2n) is 19.4. The molecule has 10 unspecified atom stereocenters. The molecule has 9 rings (SSSR count). The van der Waals surface area contributed by atoms with E-state index in [-0.39, 0.29) is 18.4 Å². The van der Waals surface area contributed by atoms with Crippen LogP contribution in [0.1, 0.15) is 132 Å². The highest BCUT2D eigenvalue weighted by Crippen LogP contribution is 2.41. The molecule has 0 aromatic heterocycles.